The minimum Gasteiger partial charge on any atom is -0.233 e. The van der Waals surface area contributed by atoms with Crippen LogP contribution in [-0.4, -0.2) is 9.78 Å². The highest BCUT2D eigenvalue weighted by Crippen LogP contribution is 2.25. The Morgan fingerprint density at radius 2 is 1.94 bits per heavy atom. The molecule has 0 aliphatic heterocycles. The van der Waals surface area contributed by atoms with Crippen LogP contribution in [-0.2, 0) is 0 Å². The van der Waals surface area contributed by atoms with Gasteiger partial charge in [0.15, 0.2) is 0 Å². The van der Waals surface area contributed by atoms with Gasteiger partial charge in [-0.25, -0.2) is 4.68 Å². The Morgan fingerprint density at radius 1 is 1.12 bits per heavy atom. The summed E-state index contributed by atoms with van der Waals surface area (Å²) in [6, 6.07) is 14.5. The van der Waals surface area contributed by atoms with Crippen molar-refractivity contribution in [2.24, 2.45) is 0 Å². The third-order valence-electron chi connectivity index (χ3n) is 2.81. The minimum absolute atomic E-state index is 1.08. The lowest BCUT2D eigenvalue weighted by molar-refractivity contribution is 0.909. The lowest BCUT2D eigenvalue weighted by atomic mass is 10.2. The fourth-order valence-electron chi connectivity index (χ4n) is 1.98. The van der Waals surface area contributed by atoms with Crippen molar-refractivity contribution in [3.8, 4) is 5.69 Å². The average molecular weight is 287 g/mol. The molecule has 3 heteroatoms. The van der Waals surface area contributed by atoms with Crippen LogP contribution in [0.15, 0.2) is 53.1 Å². The molecule has 0 saturated heterocycles. The molecule has 0 atom stereocenters. The Labute approximate surface area is 108 Å². The van der Waals surface area contributed by atoms with E-state index in [9.17, 15) is 0 Å². The number of halogens is 1. The van der Waals surface area contributed by atoms with Crippen LogP contribution in [0, 0.1) is 6.92 Å². The molecule has 2 aromatic carbocycles. The summed E-state index contributed by atoms with van der Waals surface area (Å²) in [5.41, 5.74) is 3.45. The Hall–Kier alpha value is -1.61. The van der Waals surface area contributed by atoms with Crippen LogP contribution < -0.4 is 0 Å². The summed E-state index contributed by atoms with van der Waals surface area (Å²) in [5.74, 6) is 0. The smallest absolute Gasteiger partial charge is 0.0752 e. The Morgan fingerprint density at radius 3 is 2.76 bits per heavy atom. The summed E-state index contributed by atoms with van der Waals surface area (Å²) in [7, 11) is 0. The van der Waals surface area contributed by atoms with Gasteiger partial charge >= 0.3 is 0 Å². The maximum absolute atomic E-state index is 4.45. The summed E-state index contributed by atoms with van der Waals surface area (Å²) in [5, 5.41) is 5.59. The van der Waals surface area contributed by atoms with Crippen LogP contribution in [0.25, 0.3) is 16.6 Å². The van der Waals surface area contributed by atoms with Gasteiger partial charge < -0.3 is 0 Å². The topological polar surface area (TPSA) is 17.8 Å². The van der Waals surface area contributed by atoms with Gasteiger partial charge in [0.2, 0.25) is 0 Å². The van der Waals surface area contributed by atoms with E-state index in [0.29, 0.717) is 0 Å². The molecule has 0 radical (unpaired) electrons. The average Bonchev–Trinajstić information content (AvgIpc) is 2.74. The number of aromatic nitrogens is 2. The van der Waals surface area contributed by atoms with Crippen LogP contribution in [0.5, 0.6) is 0 Å². The molecule has 0 fully saturated rings. The zero-order valence-corrected chi connectivity index (χ0v) is 11.0. The normalized spacial score (nSPS) is 10.9. The van der Waals surface area contributed by atoms with Gasteiger partial charge in [-0.3, -0.25) is 0 Å². The standard InChI is InChI=1S/C14H11BrN2/c1-10-4-2-5-11(8-10)17-14-7-3-6-13(15)12(14)9-16-17/h2-9H,1H3. The van der Waals surface area contributed by atoms with E-state index < -0.39 is 0 Å². The Bertz CT molecular complexity index is 686. The summed E-state index contributed by atoms with van der Waals surface area (Å²) >= 11 is 3.54. The molecule has 1 aromatic heterocycles. The van der Waals surface area contributed by atoms with Crippen LogP contribution in [0.2, 0.25) is 0 Å². The van der Waals surface area contributed by atoms with E-state index in [1.807, 2.05) is 23.0 Å². The Kier molecular flexibility index (Phi) is 2.48. The van der Waals surface area contributed by atoms with Gasteiger partial charge in [0.05, 0.1) is 17.4 Å². The van der Waals surface area contributed by atoms with Crippen molar-refractivity contribution in [2.45, 2.75) is 6.92 Å². The highest BCUT2D eigenvalue weighted by molar-refractivity contribution is 9.10. The van der Waals surface area contributed by atoms with Crippen molar-refractivity contribution < 1.29 is 0 Å². The summed E-state index contributed by atoms with van der Waals surface area (Å²) < 4.78 is 3.04. The minimum atomic E-state index is 1.08. The molecule has 0 aliphatic carbocycles. The van der Waals surface area contributed by atoms with Crippen LogP contribution in [0.1, 0.15) is 5.56 Å². The van der Waals surface area contributed by atoms with E-state index in [4.69, 9.17) is 0 Å². The molecule has 0 N–H and O–H groups in total. The first-order valence-electron chi connectivity index (χ1n) is 5.45. The second kappa shape index (κ2) is 4.00. The predicted octanol–water partition coefficient (Wildman–Crippen LogP) is 4.10. The maximum atomic E-state index is 4.45. The number of aryl methyl sites for hydroxylation is 1. The summed E-state index contributed by atoms with van der Waals surface area (Å²) in [6.07, 6.45) is 1.89. The molecule has 3 aromatic rings. The quantitative estimate of drug-likeness (QED) is 0.659. The SMILES string of the molecule is Cc1cccc(-n2ncc3c(Br)cccc32)c1. The van der Waals surface area contributed by atoms with E-state index in [2.05, 4.69) is 58.3 Å². The van der Waals surface area contributed by atoms with Crippen LogP contribution in [0.4, 0.5) is 0 Å². The number of fused-ring (bicyclic) bond motifs is 1. The predicted molar refractivity (Wildman–Crippen MR) is 73.5 cm³/mol. The molecule has 0 saturated carbocycles. The zero-order valence-electron chi connectivity index (χ0n) is 9.39. The fourth-order valence-corrected chi connectivity index (χ4v) is 2.44. The number of benzene rings is 2. The van der Waals surface area contributed by atoms with Crippen molar-refractivity contribution in [2.75, 3.05) is 0 Å². The van der Waals surface area contributed by atoms with Gasteiger partial charge in [-0.1, -0.05) is 34.1 Å². The lowest BCUT2D eigenvalue weighted by Crippen LogP contribution is -1.95. The van der Waals surface area contributed by atoms with E-state index in [-0.39, 0.29) is 0 Å². The molecule has 17 heavy (non-hydrogen) atoms. The van der Waals surface area contributed by atoms with Gasteiger partial charge in [-0.05, 0) is 36.8 Å². The number of nitrogens with zero attached hydrogens (tertiary/aromatic N) is 2. The van der Waals surface area contributed by atoms with Crippen molar-refractivity contribution in [3.05, 3.63) is 58.7 Å². The van der Waals surface area contributed by atoms with Crippen molar-refractivity contribution in [1.82, 2.24) is 9.78 Å². The molecular formula is C14H11BrN2. The van der Waals surface area contributed by atoms with E-state index in [0.717, 1.165) is 21.1 Å². The highest BCUT2D eigenvalue weighted by atomic mass is 79.9. The maximum Gasteiger partial charge on any atom is 0.0752 e. The molecule has 0 amide bonds. The van der Waals surface area contributed by atoms with E-state index in [1.165, 1.54) is 5.56 Å². The number of hydrogen-bond acceptors (Lipinski definition) is 1. The molecular weight excluding hydrogens is 276 g/mol. The van der Waals surface area contributed by atoms with Gasteiger partial charge in [-0.15, -0.1) is 0 Å². The van der Waals surface area contributed by atoms with E-state index >= 15 is 0 Å². The highest BCUT2D eigenvalue weighted by Gasteiger charge is 2.06. The van der Waals surface area contributed by atoms with Gasteiger partial charge in [0.25, 0.3) is 0 Å². The van der Waals surface area contributed by atoms with Crippen LogP contribution in [0.3, 0.4) is 0 Å². The first-order valence-corrected chi connectivity index (χ1v) is 6.24. The first kappa shape index (κ1) is 10.5. The third kappa shape index (κ3) is 1.76. The molecule has 3 rings (SSSR count). The van der Waals surface area contributed by atoms with Crippen LogP contribution >= 0.6 is 15.9 Å². The van der Waals surface area contributed by atoms with Gasteiger partial charge in [-0.2, -0.15) is 5.10 Å². The molecule has 0 bridgehead atoms. The molecule has 0 aliphatic rings. The molecule has 1 heterocycles. The third-order valence-corrected chi connectivity index (χ3v) is 3.50. The monoisotopic (exact) mass is 286 g/mol. The van der Waals surface area contributed by atoms with Crippen molar-refractivity contribution >= 4 is 26.8 Å². The fraction of sp³-hybridized carbons (Fsp3) is 0.0714. The summed E-state index contributed by atoms with van der Waals surface area (Å²) in [4.78, 5) is 0. The second-order valence-corrected chi connectivity index (χ2v) is 4.92. The first-order chi connectivity index (χ1) is 8.25. The van der Waals surface area contributed by atoms with Gasteiger partial charge in [0, 0.05) is 9.86 Å². The molecule has 84 valence electrons. The molecule has 0 unspecified atom stereocenters. The Balaban J connectivity index is 2.28. The summed E-state index contributed by atoms with van der Waals surface area (Å²) in [6.45, 7) is 2.09. The van der Waals surface area contributed by atoms with Crippen molar-refractivity contribution in [1.29, 1.82) is 0 Å². The largest absolute Gasteiger partial charge is 0.233 e. The van der Waals surface area contributed by atoms with E-state index in [1.54, 1.807) is 0 Å². The number of hydrogen-bond donors (Lipinski definition) is 0. The molecule has 0 spiro atoms. The zero-order chi connectivity index (χ0) is 11.8. The number of rotatable bonds is 1. The van der Waals surface area contributed by atoms with Gasteiger partial charge in [0.1, 0.15) is 0 Å². The second-order valence-electron chi connectivity index (χ2n) is 4.07. The molecule has 2 nitrogen and oxygen atoms in total. The lowest BCUT2D eigenvalue weighted by Gasteiger charge is -2.04. The van der Waals surface area contributed by atoms with Crippen molar-refractivity contribution in [3.63, 3.8) is 0 Å².